The number of nitrogens with zero attached hydrogens (tertiary/aromatic N) is 1. The van der Waals surface area contributed by atoms with E-state index in [0.29, 0.717) is 13.1 Å². The highest BCUT2D eigenvalue weighted by Gasteiger charge is 2.28. The molecule has 0 saturated carbocycles. The first-order chi connectivity index (χ1) is 9.08. The summed E-state index contributed by atoms with van der Waals surface area (Å²) < 4.78 is 5.07. The second kappa shape index (κ2) is 6.03. The Hall–Kier alpha value is -1.60. The minimum Gasteiger partial charge on any atom is -0.479 e. The second-order valence-electron chi connectivity index (χ2n) is 4.38. The predicted molar refractivity (Wildman–Crippen MR) is 70.2 cm³/mol. The molecule has 1 aliphatic rings. The van der Waals surface area contributed by atoms with Crippen LogP contribution in [-0.2, 0) is 16.1 Å². The van der Waals surface area contributed by atoms with Crippen molar-refractivity contribution in [3.63, 3.8) is 0 Å². The summed E-state index contributed by atoms with van der Waals surface area (Å²) in [5.74, 6) is -1.04. The number of carbonyl (C=O) groups is 2. The van der Waals surface area contributed by atoms with Gasteiger partial charge < -0.3 is 20.1 Å². The van der Waals surface area contributed by atoms with Crippen LogP contribution in [0, 0.1) is 6.92 Å². The Morgan fingerprint density at radius 3 is 3.00 bits per heavy atom. The van der Waals surface area contributed by atoms with Crippen LogP contribution in [0.1, 0.15) is 11.1 Å². The van der Waals surface area contributed by atoms with Gasteiger partial charge in [0.25, 0.3) is 0 Å². The van der Waals surface area contributed by atoms with Gasteiger partial charge in [0.2, 0.25) is 0 Å². The smallest absolute Gasteiger partial charge is 0.334 e. The van der Waals surface area contributed by atoms with E-state index in [2.05, 4.69) is 5.32 Å². The third kappa shape index (κ3) is 3.45. The van der Waals surface area contributed by atoms with Crippen molar-refractivity contribution in [3.05, 3.63) is 21.9 Å². The molecule has 0 aliphatic carbocycles. The van der Waals surface area contributed by atoms with Crippen molar-refractivity contribution in [2.75, 3.05) is 19.7 Å². The van der Waals surface area contributed by atoms with Crippen LogP contribution in [-0.4, -0.2) is 47.8 Å². The van der Waals surface area contributed by atoms with Crippen molar-refractivity contribution in [2.45, 2.75) is 19.6 Å². The highest BCUT2D eigenvalue weighted by Crippen LogP contribution is 2.13. The summed E-state index contributed by atoms with van der Waals surface area (Å²) in [4.78, 5) is 24.2. The van der Waals surface area contributed by atoms with Gasteiger partial charge in [-0.3, -0.25) is 0 Å². The van der Waals surface area contributed by atoms with Crippen molar-refractivity contribution < 1.29 is 19.4 Å². The second-order valence-corrected chi connectivity index (χ2v) is 5.13. The zero-order valence-electron chi connectivity index (χ0n) is 10.6. The third-order valence-corrected chi connectivity index (χ3v) is 3.93. The van der Waals surface area contributed by atoms with Crippen LogP contribution >= 0.6 is 11.3 Å². The van der Waals surface area contributed by atoms with Gasteiger partial charge in [-0.05, 0) is 28.8 Å². The van der Waals surface area contributed by atoms with Crippen LogP contribution in [0.2, 0.25) is 0 Å². The molecule has 1 aromatic heterocycles. The number of carbonyl (C=O) groups excluding carboxylic acids is 1. The molecule has 1 saturated heterocycles. The molecule has 19 heavy (non-hydrogen) atoms. The van der Waals surface area contributed by atoms with E-state index in [1.54, 1.807) is 11.3 Å². The molecule has 0 spiro atoms. The van der Waals surface area contributed by atoms with E-state index >= 15 is 0 Å². The summed E-state index contributed by atoms with van der Waals surface area (Å²) in [6.45, 7) is 3.21. The van der Waals surface area contributed by atoms with Crippen LogP contribution in [0.15, 0.2) is 10.8 Å². The highest BCUT2D eigenvalue weighted by atomic mass is 32.1. The summed E-state index contributed by atoms with van der Waals surface area (Å²) in [5.41, 5.74) is 2.23. The number of amides is 2. The van der Waals surface area contributed by atoms with Crippen LogP contribution in [0.4, 0.5) is 4.79 Å². The van der Waals surface area contributed by atoms with Crippen LogP contribution in [0.25, 0.3) is 0 Å². The van der Waals surface area contributed by atoms with Gasteiger partial charge in [-0.1, -0.05) is 0 Å². The predicted octanol–water partition coefficient (Wildman–Crippen LogP) is 1.05. The summed E-state index contributed by atoms with van der Waals surface area (Å²) in [6.07, 6.45) is -0.928. The fourth-order valence-electron chi connectivity index (χ4n) is 1.83. The zero-order valence-corrected chi connectivity index (χ0v) is 11.4. The molecule has 2 heterocycles. The SMILES string of the molecule is Cc1cscc1CNC(=O)N1CCOC(C(=O)O)C1. The minimum atomic E-state index is -1.04. The van der Waals surface area contributed by atoms with E-state index in [1.807, 2.05) is 17.7 Å². The fraction of sp³-hybridized carbons (Fsp3) is 0.500. The summed E-state index contributed by atoms with van der Waals surface area (Å²) >= 11 is 1.60. The van der Waals surface area contributed by atoms with E-state index in [0.717, 1.165) is 11.1 Å². The van der Waals surface area contributed by atoms with Crippen molar-refractivity contribution in [3.8, 4) is 0 Å². The number of hydrogen-bond donors (Lipinski definition) is 2. The van der Waals surface area contributed by atoms with Crippen molar-refractivity contribution in [2.24, 2.45) is 0 Å². The number of morpholine rings is 1. The van der Waals surface area contributed by atoms with E-state index in [-0.39, 0.29) is 19.2 Å². The molecule has 1 aliphatic heterocycles. The lowest BCUT2D eigenvalue weighted by Gasteiger charge is -2.30. The topological polar surface area (TPSA) is 78.9 Å². The Bertz CT molecular complexity index is 474. The molecule has 1 aromatic rings. The maximum atomic E-state index is 11.9. The van der Waals surface area contributed by atoms with Gasteiger partial charge in [0.1, 0.15) is 0 Å². The molecule has 1 atom stereocenters. The van der Waals surface area contributed by atoms with E-state index < -0.39 is 12.1 Å². The Labute approximate surface area is 115 Å². The average Bonchev–Trinajstić information content (AvgIpc) is 2.81. The summed E-state index contributed by atoms with van der Waals surface area (Å²) in [7, 11) is 0. The zero-order chi connectivity index (χ0) is 13.8. The molecule has 2 amide bonds. The third-order valence-electron chi connectivity index (χ3n) is 3.02. The van der Waals surface area contributed by atoms with Crippen molar-refractivity contribution >= 4 is 23.3 Å². The Balaban J connectivity index is 1.86. The molecule has 6 nitrogen and oxygen atoms in total. The molecule has 1 unspecified atom stereocenters. The molecule has 2 N–H and O–H groups in total. The van der Waals surface area contributed by atoms with Gasteiger partial charge >= 0.3 is 12.0 Å². The molecule has 0 bridgehead atoms. The Morgan fingerprint density at radius 2 is 2.37 bits per heavy atom. The number of nitrogens with one attached hydrogen (secondary N) is 1. The van der Waals surface area contributed by atoms with Gasteiger partial charge in [0.05, 0.1) is 13.2 Å². The number of carboxylic acid groups (broad SMARTS) is 1. The van der Waals surface area contributed by atoms with Gasteiger partial charge in [-0.25, -0.2) is 9.59 Å². The molecular weight excluding hydrogens is 268 g/mol. The highest BCUT2D eigenvalue weighted by molar-refractivity contribution is 7.08. The van der Waals surface area contributed by atoms with E-state index in [4.69, 9.17) is 9.84 Å². The lowest BCUT2D eigenvalue weighted by Crippen LogP contribution is -2.51. The number of rotatable bonds is 3. The first-order valence-corrected chi connectivity index (χ1v) is 6.91. The number of carboxylic acids is 1. The minimum absolute atomic E-state index is 0.0871. The first kappa shape index (κ1) is 13.8. The molecule has 0 radical (unpaired) electrons. The van der Waals surface area contributed by atoms with Crippen LogP contribution in [0.5, 0.6) is 0 Å². The molecular formula is C12H16N2O4S. The molecule has 7 heteroatoms. The monoisotopic (exact) mass is 284 g/mol. The first-order valence-electron chi connectivity index (χ1n) is 5.97. The van der Waals surface area contributed by atoms with Crippen LogP contribution in [0.3, 0.4) is 0 Å². The maximum absolute atomic E-state index is 11.9. The summed E-state index contributed by atoms with van der Waals surface area (Å²) in [6, 6.07) is -0.250. The largest absolute Gasteiger partial charge is 0.479 e. The number of ether oxygens (including phenoxy) is 1. The molecule has 2 rings (SSSR count). The lowest BCUT2D eigenvalue weighted by atomic mass is 10.2. The number of urea groups is 1. The van der Waals surface area contributed by atoms with Crippen LogP contribution < -0.4 is 5.32 Å². The maximum Gasteiger partial charge on any atom is 0.334 e. The Morgan fingerprint density at radius 1 is 1.58 bits per heavy atom. The normalized spacial score (nSPS) is 19.2. The van der Waals surface area contributed by atoms with Crippen molar-refractivity contribution in [1.82, 2.24) is 10.2 Å². The number of aryl methyl sites for hydroxylation is 1. The Kier molecular flexibility index (Phi) is 4.39. The van der Waals surface area contributed by atoms with Gasteiger partial charge in [-0.2, -0.15) is 11.3 Å². The van der Waals surface area contributed by atoms with E-state index in [9.17, 15) is 9.59 Å². The van der Waals surface area contributed by atoms with Crippen molar-refractivity contribution in [1.29, 1.82) is 0 Å². The fourth-order valence-corrected chi connectivity index (χ4v) is 2.69. The van der Waals surface area contributed by atoms with Gasteiger partial charge in [-0.15, -0.1) is 0 Å². The average molecular weight is 284 g/mol. The summed E-state index contributed by atoms with van der Waals surface area (Å²) in [5, 5.41) is 15.7. The van der Waals surface area contributed by atoms with Gasteiger partial charge in [0.15, 0.2) is 6.10 Å². The molecule has 0 aromatic carbocycles. The molecule has 104 valence electrons. The van der Waals surface area contributed by atoms with E-state index in [1.165, 1.54) is 4.90 Å². The number of thiophene rings is 1. The van der Waals surface area contributed by atoms with Gasteiger partial charge in [0, 0.05) is 13.1 Å². The number of hydrogen-bond acceptors (Lipinski definition) is 4. The standard InChI is InChI=1S/C12H16N2O4S/c1-8-6-19-7-9(8)4-13-12(17)14-2-3-18-10(5-14)11(15)16/h6-7,10H,2-5H2,1H3,(H,13,17)(H,15,16). The molecule has 1 fully saturated rings. The lowest BCUT2D eigenvalue weighted by molar-refractivity contribution is -0.154. The quantitative estimate of drug-likeness (QED) is 0.869. The number of aliphatic carboxylic acids is 1.